The Balaban J connectivity index is 1.46. The Bertz CT molecular complexity index is 975. The third-order valence-electron chi connectivity index (χ3n) is 3.97. The summed E-state index contributed by atoms with van der Waals surface area (Å²) in [7, 11) is -3.37. The molecule has 0 aliphatic rings. The van der Waals surface area contributed by atoms with Gasteiger partial charge in [-0.05, 0) is 30.5 Å². The standard InChI is InChI=1S/C19H20FN3O3S/c20-17-11-5-4-10-16(17)19-22-18(26-23-19)12-13-21-27(24,25)14-6-9-15-7-2-1-3-8-15/h1-5,7-8,10-11,21H,6,9,12-14H2. The highest BCUT2D eigenvalue weighted by molar-refractivity contribution is 7.89. The topological polar surface area (TPSA) is 85.1 Å². The fraction of sp³-hybridized carbons (Fsp3) is 0.263. The molecule has 142 valence electrons. The maximum absolute atomic E-state index is 13.7. The average Bonchev–Trinajstić information content (AvgIpc) is 3.11. The molecule has 1 N–H and O–H groups in total. The van der Waals surface area contributed by atoms with Crippen LogP contribution in [0.25, 0.3) is 11.4 Å². The van der Waals surface area contributed by atoms with Crippen molar-refractivity contribution in [3.8, 4) is 11.4 Å². The fourth-order valence-electron chi connectivity index (χ4n) is 2.60. The molecule has 3 aromatic rings. The molecule has 0 aliphatic carbocycles. The van der Waals surface area contributed by atoms with Crippen LogP contribution in [-0.4, -0.2) is 30.9 Å². The van der Waals surface area contributed by atoms with Gasteiger partial charge in [0.1, 0.15) is 5.82 Å². The van der Waals surface area contributed by atoms with Crippen molar-refractivity contribution in [2.75, 3.05) is 12.3 Å². The molecule has 1 heterocycles. The normalized spacial score (nSPS) is 11.6. The summed E-state index contributed by atoms with van der Waals surface area (Å²) in [4.78, 5) is 4.11. The quantitative estimate of drug-likeness (QED) is 0.608. The minimum Gasteiger partial charge on any atom is -0.339 e. The minimum atomic E-state index is -3.37. The number of sulfonamides is 1. The number of aromatic nitrogens is 2. The molecule has 1 aromatic heterocycles. The van der Waals surface area contributed by atoms with Gasteiger partial charge in [-0.3, -0.25) is 0 Å². The highest BCUT2D eigenvalue weighted by Gasteiger charge is 2.14. The Labute approximate surface area is 157 Å². The zero-order valence-corrected chi connectivity index (χ0v) is 15.5. The maximum Gasteiger partial charge on any atom is 0.228 e. The number of nitrogens with zero attached hydrogens (tertiary/aromatic N) is 2. The number of hydrogen-bond acceptors (Lipinski definition) is 5. The van der Waals surface area contributed by atoms with Crippen LogP contribution in [0.5, 0.6) is 0 Å². The fourth-order valence-corrected chi connectivity index (χ4v) is 3.69. The van der Waals surface area contributed by atoms with Crippen molar-refractivity contribution in [1.82, 2.24) is 14.9 Å². The molecule has 3 rings (SSSR count). The molecular formula is C19H20FN3O3S. The lowest BCUT2D eigenvalue weighted by molar-refractivity contribution is 0.378. The van der Waals surface area contributed by atoms with Crippen molar-refractivity contribution in [2.45, 2.75) is 19.3 Å². The first-order valence-corrected chi connectivity index (χ1v) is 10.3. The van der Waals surface area contributed by atoms with Gasteiger partial charge < -0.3 is 4.52 Å². The van der Waals surface area contributed by atoms with Gasteiger partial charge in [-0.25, -0.2) is 17.5 Å². The lowest BCUT2D eigenvalue weighted by Gasteiger charge is -2.05. The summed E-state index contributed by atoms with van der Waals surface area (Å²) in [5.41, 5.74) is 1.35. The largest absolute Gasteiger partial charge is 0.339 e. The van der Waals surface area contributed by atoms with E-state index in [1.807, 2.05) is 30.3 Å². The number of nitrogens with one attached hydrogen (secondary N) is 1. The molecule has 0 amide bonds. The first-order chi connectivity index (χ1) is 13.0. The number of rotatable bonds is 9. The highest BCUT2D eigenvalue weighted by atomic mass is 32.2. The molecule has 0 bridgehead atoms. The zero-order chi connectivity index (χ0) is 19.1. The van der Waals surface area contributed by atoms with E-state index in [4.69, 9.17) is 4.52 Å². The third-order valence-corrected chi connectivity index (χ3v) is 5.44. The number of hydrogen-bond donors (Lipinski definition) is 1. The van der Waals surface area contributed by atoms with Crippen LogP contribution >= 0.6 is 0 Å². The summed E-state index contributed by atoms with van der Waals surface area (Å²) < 4.78 is 45.4. The molecule has 27 heavy (non-hydrogen) atoms. The average molecular weight is 389 g/mol. The second kappa shape index (κ2) is 8.88. The SMILES string of the molecule is O=S(=O)(CCCc1ccccc1)NCCc1nc(-c2ccccc2F)no1. The summed E-state index contributed by atoms with van der Waals surface area (Å²) in [5.74, 6) is 0.00433. The van der Waals surface area contributed by atoms with Gasteiger partial charge in [0.05, 0.1) is 11.3 Å². The zero-order valence-electron chi connectivity index (χ0n) is 14.6. The van der Waals surface area contributed by atoms with Crippen molar-refractivity contribution in [3.05, 3.63) is 71.9 Å². The molecule has 8 heteroatoms. The van der Waals surface area contributed by atoms with Crippen LogP contribution in [0, 0.1) is 5.82 Å². The van der Waals surface area contributed by atoms with Crippen LogP contribution in [0.1, 0.15) is 17.9 Å². The predicted molar refractivity (Wildman–Crippen MR) is 99.9 cm³/mol. The molecule has 0 atom stereocenters. The second-order valence-electron chi connectivity index (χ2n) is 6.04. The van der Waals surface area contributed by atoms with Gasteiger partial charge in [-0.15, -0.1) is 0 Å². The monoisotopic (exact) mass is 389 g/mol. The van der Waals surface area contributed by atoms with E-state index in [1.165, 1.54) is 6.07 Å². The van der Waals surface area contributed by atoms with E-state index in [1.54, 1.807) is 18.2 Å². The van der Waals surface area contributed by atoms with Gasteiger partial charge in [0.2, 0.25) is 21.7 Å². The molecule has 6 nitrogen and oxygen atoms in total. The van der Waals surface area contributed by atoms with Crippen LogP contribution in [0.2, 0.25) is 0 Å². The van der Waals surface area contributed by atoms with Crippen LogP contribution < -0.4 is 4.72 Å². The van der Waals surface area contributed by atoms with Crippen molar-refractivity contribution >= 4 is 10.0 Å². The molecule has 0 saturated carbocycles. The molecule has 0 saturated heterocycles. The Morgan fingerprint density at radius 1 is 1.00 bits per heavy atom. The van der Waals surface area contributed by atoms with Crippen LogP contribution in [0.15, 0.2) is 59.1 Å². The summed E-state index contributed by atoms with van der Waals surface area (Å²) in [6.45, 7) is 0.145. The Morgan fingerprint density at radius 2 is 1.74 bits per heavy atom. The molecule has 2 aromatic carbocycles. The number of halogens is 1. The third kappa shape index (κ3) is 5.70. The van der Waals surface area contributed by atoms with E-state index >= 15 is 0 Å². The van der Waals surface area contributed by atoms with Gasteiger partial charge in [0.25, 0.3) is 0 Å². The molecule has 0 spiro atoms. The first-order valence-electron chi connectivity index (χ1n) is 8.62. The predicted octanol–water partition coefficient (Wildman–Crippen LogP) is 2.97. The Kier molecular flexibility index (Phi) is 6.31. The lowest BCUT2D eigenvalue weighted by atomic mass is 10.1. The van der Waals surface area contributed by atoms with Crippen molar-refractivity contribution in [3.63, 3.8) is 0 Å². The van der Waals surface area contributed by atoms with Gasteiger partial charge >= 0.3 is 0 Å². The van der Waals surface area contributed by atoms with Crippen molar-refractivity contribution in [2.24, 2.45) is 0 Å². The van der Waals surface area contributed by atoms with E-state index < -0.39 is 15.8 Å². The number of aryl methyl sites for hydroxylation is 1. The highest BCUT2D eigenvalue weighted by Crippen LogP contribution is 2.19. The van der Waals surface area contributed by atoms with Gasteiger partial charge in [0.15, 0.2) is 0 Å². The van der Waals surface area contributed by atoms with Crippen LogP contribution in [-0.2, 0) is 22.9 Å². The molecule has 0 aliphatic heterocycles. The summed E-state index contributed by atoms with van der Waals surface area (Å²) in [6.07, 6.45) is 1.48. The van der Waals surface area contributed by atoms with E-state index in [9.17, 15) is 12.8 Å². The molecule has 0 radical (unpaired) electrons. The van der Waals surface area contributed by atoms with Gasteiger partial charge in [0, 0.05) is 13.0 Å². The van der Waals surface area contributed by atoms with Gasteiger partial charge in [-0.1, -0.05) is 47.6 Å². The smallest absolute Gasteiger partial charge is 0.228 e. The second-order valence-corrected chi connectivity index (χ2v) is 7.97. The van der Waals surface area contributed by atoms with E-state index in [2.05, 4.69) is 14.9 Å². The van der Waals surface area contributed by atoms with Crippen LogP contribution in [0.3, 0.4) is 0 Å². The van der Waals surface area contributed by atoms with Gasteiger partial charge in [-0.2, -0.15) is 4.98 Å². The van der Waals surface area contributed by atoms with E-state index in [0.717, 1.165) is 5.56 Å². The van der Waals surface area contributed by atoms with E-state index in [0.29, 0.717) is 12.8 Å². The van der Waals surface area contributed by atoms with Crippen molar-refractivity contribution in [1.29, 1.82) is 0 Å². The molecule has 0 fully saturated rings. The summed E-state index contributed by atoms with van der Waals surface area (Å²) in [6, 6.07) is 15.9. The number of benzene rings is 2. The molecular weight excluding hydrogens is 369 g/mol. The summed E-state index contributed by atoms with van der Waals surface area (Å²) >= 11 is 0. The Hall–Kier alpha value is -2.58. The van der Waals surface area contributed by atoms with Crippen LogP contribution in [0.4, 0.5) is 4.39 Å². The van der Waals surface area contributed by atoms with E-state index in [-0.39, 0.29) is 36.0 Å². The lowest BCUT2D eigenvalue weighted by Crippen LogP contribution is -2.28. The molecule has 0 unspecified atom stereocenters. The Morgan fingerprint density at radius 3 is 2.52 bits per heavy atom. The van der Waals surface area contributed by atoms with Crippen molar-refractivity contribution < 1.29 is 17.3 Å². The summed E-state index contributed by atoms with van der Waals surface area (Å²) in [5, 5.41) is 3.74. The maximum atomic E-state index is 13.7. The minimum absolute atomic E-state index is 0.0478. The first kappa shape index (κ1) is 19.2.